The highest BCUT2D eigenvalue weighted by molar-refractivity contribution is 5.37. The molecular weight excluding hydrogens is 326 g/mol. The molecule has 1 unspecified atom stereocenters. The molecule has 1 saturated heterocycles. The Morgan fingerprint density at radius 1 is 1.12 bits per heavy atom. The number of aliphatic hydroxyl groups is 2. The molecule has 4 heteroatoms. The molecule has 1 aliphatic rings. The third-order valence-electron chi connectivity index (χ3n) is 5.15. The lowest BCUT2D eigenvalue weighted by molar-refractivity contribution is 0.0129. The van der Waals surface area contributed by atoms with Gasteiger partial charge in [-0.05, 0) is 42.0 Å². The summed E-state index contributed by atoms with van der Waals surface area (Å²) in [7, 11) is 0. The van der Waals surface area contributed by atoms with Crippen LogP contribution < -0.4 is 4.74 Å². The van der Waals surface area contributed by atoms with Gasteiger partial charge >= 0.3 is 0 Å². The van der Waals surface area contributed by atoms with Crippen molar-refractivity contribution in [3.63, 3.8) is 0 Å². The monoisotopic (exact) mass is 355 g/mol. The van der Waals surface area contributed by atoms with Crippen LogP contribution in [0.1, 0.15) is 36.5 Å². The van der Waals surface area contributed by atoms with Gasteiger partial charge in [-0.2, -0.15) is 0 Å². The summed E-state index contributed by atoms with van der Waals surface area (Å²) >= 11 is 0. The molecule has 0 aliphatic carbocycles. The van der Waals surface area contributed by atoms with E-state index < -0.39 is 0 Å². The average molecular weight is 355 g/mol. The van der Waals surface area contributed by atoms with Gasteiger partial charge in [-0.25, -0.2) is 0 Å². The molecule has 1 aliphatic heterocycles. The minimum absolute atomic E-state index is 0.0397. The predicted molar refractivity (Wildman–Crippen MR) is 103 cm³/mol. The molecule has 2 atom stereocenters. The minimum Gasteiger partial charge on any atom is -0.489 e. The van der Waals surface area contributed by atoms with Crippen molar-refractivity contribution in [3.05, 3.63) is 65.2 Å². The first-order chi connectivity index (χ1) is 12.7. The number of aryl methyl sites for hydroxylation is 1. The third kappa shape index (κ3) is 4.85. The Morgan fingerprint density at radius 2 is 1.92 bits per heavy atom. The highest BCUT2D eigenvalue weighted by Crippen LogP contribution is 2.25. The Morgan fingerprint density at radius 3 is 2.65 bits per heavy atom. The molecule has 0 bridgehead atoms. The fourth-order valence-corrected chi connectivity index (χ4v) is 3.59. The van der Waals surface area contributed by atoms with Gasteiger partial charge in [0.15, 0.2) is 0 Å². The molecule has 3 rings (SSSR count). The Labute approximate surface area is 156 Å². The first-order valence-corrected chi connectivity index (χ1v) is 9.51. The normalized spacial score (nSPS) is 20.9. The number of aliphatic hydroxyl groups excluding tert-OH is 2. The Hall–Kier alpha value is -1.88. The highest BCUT2D eigenvalue weighted by atomic mass is 16.5. The molecule has 2 N–H and O–H groups in total. The van der Waals surface area contributed by atoms with Crippen LogP contribution in [0.25, 0.3) is 0 Å². The molecule has 0 amide bonds. The summed E-state index contributed by atoms with van der Waals surface area (Å²) in [6.45, 7) is 4.42. The Kier molecular flexibility index (Phi) is 6.67. The standard InChI is InChI=1S/C22H29NO3/c1-2-19-12-18(14-23-11-10-21(25)13-20(23)15-24)8-9-22(19)26-16-17-6-4-3-5-7-17/h3-9,12,20-21,24-25H,2,10-11,13-16H2,1H3/t20-,21?/m1/s1. The van der Waals surface area contributed by atoms with E-state index in [0.29, 0.717) is 13.0 Å². The summed E-state index contributed by atoms with van der Waals surface area (Å²) in [6, 6.07) is 16.6. The molecule has 1 fully saturated rings. The van der Waals surface area contributed by atoms with Gasteiger partial charge in [-0.15, -0.1) is 0 Å². The zero-order chi connectivity index (χ0) is 18.4. The van der Waals surface area contributed by atoms with Gasteiger partial charge in [0, 0.05) is 19.1 Å². The molecule has 0 aromatic heterocycles. The quantitative estimate of drug-likeness (QED) is 0.801. The van der Waals surface area contributed by atoms with Crippen LogP contribution in [-0.2, 0) is 19.6 Å². The van der Waals surface area contributed by atoms with Gasteiger partial charge in [0.1, 0.15) is 12.4 Å². The van der Waals surface area contributed by atoms with Gasteiger partial charge in [0.05, 0.1) is 12.7 Å². The maximum atomic E-state index is 9.81. The van der Waals surface area contributed by atoms with E-state index in [4.69, 9.17) is 4.74 Å². The van der Waals surface area contributed by atoms with E-state index in [0.717, 1.165) is 37.2 Å². The van der Waals surface area contributed by atoms with Crippen molar-refractivity contribution in [1.82, 2.24) is 4.90 Å². The van der Waals surface area contributed by atoms with Crippen molar-refractivity contribution in [2.45, 2.75) is 51.5 Å². The van der Waals surface area contributed by atoms with Crippen LogP contribution >= 0.6 is 0 Å². The smallest absolute Gasteiger partial charge is 0.123 e. The number of piperidine rings is 1. The lowest BCUT2D eigenvalue weighted by atomic mass is 9.98. The molecule has 4 nitrogen and oxygen atoms in total. The maximum Gasteiger partial charge on any atom is 0.123 e. The van der Waals surface area contributed by atoms with Crippen LogP contribution in [0.5, 0.6) is 5.75 Å². The highest BCUT2D eigenvalue weighted by Gasteiger charge is 2.26. The zero-order valence-corrected chi connectivity index (χ0v) is 15.5. The Bertz CT molecular complexity index is 689. The molecule has 2 aromatic carbocycles. The molecule has 2 aromatic rings. The second kappa shape index (κ2) is 9.17. The molecular formula is C22H29NO3. The largest absolute Gasteiger partial charge is 0.489 e. The molecule has 1 heterocycles. The van der Waals surface area contributed by atoms with Gasteiger partial charge in [0.25, 0.3) is 0 Å². The van der Waals surface area contributed by atoms with E-state index in [9.17, 15) is 10.2 Å². The van der Waals surface area contributed by atoms with Crippen molar-refractivity contribution < 1.29 is 14.9 Å². The van der Waals surface area contributed by atoms with E-state index >= 15 is 0 Å². The lowest BCUT2D eigenvalue weighted by Gasteiger charge is -2.37. The fraction of sp³-hybridized carbons (Fsp3) is 0.455. The van der Waals surface area contributed by atoms with Crippen molar-refractivity contribution in [3.8, 4) is 5.75 Å². The number of nitrogens with zero attached hydrogens (tertiary/aromatic N) is 1. The van der Waals surface area contributed by atoms with E-state index in [2.05, 4.69) is 42.2 Å². The van der Waals surface area contributed by atoms with Crippen molar-refractivity contribution >= 4 is 0 Å². The second-order valence-electron chi connectivity index (χ2n) is 7.05. The zero-order valence-electron chi connectivity index (χ0n) is 15.5. The van der Waals surface area contributed by atoms with E-state index in [1.165, 1.54) is 11.1 Å². The SMILES string of the molecule is CCc1cc(CN2CCC(O)C[C@@H]2CO)ccc1OCc1ccccc1. The van der Waals surface area contributed by atoms with Gasteiger partial charge in [-0.1, -0.05) is 49.4 Å². The van der Waals surface area contributed by atoms with Crippen molar-refractivity contribution in [1.29, 1.82) is 0 Å². The molecule has 0 spiro atoms. The number of hydrogen-bond donors (Lipinski definition) is 2. The molecule has 0 saturated carbocycles. The van der Waals surface area contributed by atoms with Crippen molar-refractivity contribution in [2.75, 3.05) is 13.2 Å². The van der Waals surface area contributed by atoms with Crippen molar-refractivity contribution in [2.24, 2.45) is 0 Å². The average Bonchev–Trinajstić information content (AvgIpc) is 2.69. The number of hydrogen-bond acceptors (Lipinski definition) is 4. The first-order valence-electron chi connectivity index (χ1n) is 9.51. The van der Waals surface area contributed by atoms with Crippen LogP contribution in [0.15, 0.2) is 48.5 Å². The molecule has 0 radical (unpaired) electrons. The number of ether oxygens (including phenoxy) is 1. The number of likely N-dealkylation sites (tertiary alicyclic amines) is 1. The number of benzene rings is 2. The summed E-state index contributed by atoms with van der Waals surface area (Å²) in [5, 5.41) is 19.4. The van der Waals surface area contributed by atoms with Crippen LogP contribution in [-0.4, -0.2) is 40.4 Å². The van der Waals surface area contributed by atoms with E-state index in [-0.39, 0.29) is 18.8 Å². The Balaban J connectivity index is 1.66. The van der Waals surface area contributed by atoms with Crippen LogP contribution in [0.4, 0.5) is 0 Å². The third-order valence-corrected chi connectivity index (χ3v) is 5.15. The predicted octanol–water partition coefficient (Wildman–Crippen LogP) is 3.15. The summed E-state index contributed by atoms with van der Waals surface area (Å²) in [5.41, 5.74) is 3.59. The summed E-state index contributed by atoms with van der Waals surface area (Å²) in [5.74, 6) is 0.938. The summed E-state index contributed by atoms with van der Waals surface area (Å²) in [4.78, 5) is 2.27. The van der Waals surface area contributed by atoms with Crippen LogP contribution in [0.2, 0.25) is 0 Å². The molecule has 140 valence electrons. The topological polar surface area (TPSA) is 52.9 Å². The minimum atomic E-state index is -0.289. The van der Waals surface area contributed by atoms with Crippen LogP contribution in [0, 0.1) is 0 Å². The summed E-state index contributed by atoms with van der Waals surface area (Å²) in [6.07, 6.45) is 2.05. The second-order valence-corrected chi connectivity index (χ2v) is 7.05. The van der Waals surface area contributed by atoms with Crippen LogP contribution in [0.3, 0.4) is 0 Å². The lowest BCUT2D eigenvalue weighted by Crippen LogP contribution is -2.45. The fourth-order valence-electron chi connectivity index (χ4n) is 3.59. The van der Waals surface area contributed by atoms with Gasteiger partial charge in [0.2, 0.25) is 0 Å². The summed E-state index contributed by atoms with van der Waals surface area (Å²) < 4.78 is 6.03. The van der Waals surface area contributed by atoms with E-state index in [1.807, 2.05) is 18.2 Å². The van der Waals surface area contributed by atoms with Gasteiger partial charge in [-0.3, -0.25) is 4.90 Å². The number of rotatable bonds is 7. The molecule has 26 heavy (non-hydrogen) atoms. The maximum absolute atomic E-state index is 9.81. The van der Waals surface area contributed by atoms with E-state index in [1.54, 1.807) is 0 Å². The first kappa shape index (κ1) is 18.9. The van der Waals surface area contributed by atoms with Gasteiger partial charge < -0.3 is 14.9 Å².